The van der Waals surface area contributed by atoms with Crippen molar-refractivity contribution in [2.75, 3.05) is 18.0 Å². The van der Waals surface area contributed by atoms with Crippen molar-refractivity contribution in [3.63, 3.8) is 0 Å². The Labute approximate surface area is 140 Å². The molecule has 1 aromatic heterocycles. The zero-order valence-corrected chi connectivity index (χ0v) is 14.5. The smallest absolute Gasteiger partial charge is 0.399 e. The van der Waals surface area contributed by atoms with Gasteiger partial charge in [-0.1, -0.05) is 0 Å². The number of nitrogens with zero attached hydrogens (tertiary/aromatic N) is 3. The fraction of sp³-hybridized carbons (Fsp3) is 0.750. The Morgan fingerprint density at radius 1 is 1.00 bits per heavy atom. The highest BCUT2D eigenvalue weighted by molar-refractivity contribution is 6.61. The van der Waals surface area contributed by atoms with Crippen molar-refractivity contribution in [2.45, 2.75) is 57.7 Å². The predicted molar refractivity (Wildman–Crippen MR) is 86.6 cm³/mol. The lowest BCUT2D eigenvalue weighted by Crippen LogP contribution is -2.66. The van der Waals surface area contributed by atoms with Gasteiger partial charge in [0.25, 0.3) is 0 Å². The summed E-state index contributed by atoms with van der Waals surface area (Å²) in [5.74, 6) is -1.90. The van der Waals surface area contributed by atoms with E-state index in [0.29, 0.717) is 19.0 Å². The number of halogens is 2. The Kier molecular flexibility index (Phi) is 3.15. The van der Waals surface area contributed by atoms with E-state index in [1.54, 1.807) is 12.4 Å². The van der Waals surface area contributed by atoms with Gasteiger partial charge in [0.2, 0.25) is 11.9 Å². The molecule has 1 spiro atoms. The predicted octanol–water partition coefficient (Wildman–Crippen LogP) is 2.01. The third-order valence-electron chi connectivity index (χ3n) is 5.79. The number of hydrogen-bond acceptors (Lipinski definition) is 5. The first-order chi connectivity index (χ1) is 11.0. The van der Waals surface area contributed by atoms with E-state index in [2.05, 4.69) is 9.97 Å². The summed E-state index contributed by atoms with van der Waals surface area (Å²) in [5, 5.41) is 0. The van der Waals surface area contributed by atoms with Crippen LogP contribution in [0.3, 0.4) is 0 Å². The summed E-state index contributed by atoms with van der Waals surface area (Å²) in [4.78, 5) is 10.7. The normalized spacial score (nSPS) is 28.6. The fourth-order valence-electron chi connectivity index (χ4n) is 3.77. The van der Waals surface area contributed by atoms with E-state index in [4.69, 9.17) is 9.31 Å². The van der Waals surface area contributed by atoms with Crippen LogP contribution in [0.5, 0.6) is 0 Å². The number of rotatable bonds is 2. The maximum absolute atomic E-state index is 13.1. The Hall–Kier alpha value is -1.28. The van der Waals surface area contributed by atoms with E-state index in [9.17, 15) is 8.78 Å². The highest BCUT2D eigenvalue weighted by atomic mass is 19.3. The molecule has 0 radical (unpaired) electrons. The molecule has 0 aromatic carbocycles. The molecule has 1 aromatic rings. The molecule has 2 aliphatic heterocycles. The molecule has 0 bridgehead atoms. The van der Waals surface area contributed by atoms with Gasteiger partial charge >= 0.3 is 7.12 Å². The molecule has 24 heavy (non-hydrogen) atoms. The molecule has 3 aliphatic rings. The van der Waals surface area contributed by atoms with Gasteiger partial charge in [-0.05, 0) is 27.7 Å². The zero-order valence-electron chi connectivity index (χ0n) is 14.5. The van der Waals surface area contributed by atoms with Crippen LogP contribution in [0.15, 0.2) is 12.4 Å². The van der Waals surface area contributed by atoms with Gasteiger partial charge in [0.05, 0.1) is 11.2 Å². The Morgan fingerprint density at radius 2 is 1.50 bits per heavy atom. The highest BCUT2D eigenvalue weighted by Crippen LogP contribution is 2.57. The molecule has 2 saturated heterocycles. The summed E-state index contributed by atoms with van der Waals surface area (Å²) >= 11 is 0. The number of anilines is 1. The summed E-state index contributed by atoms with van der Waals surface area (Å²) < 4.78 is 38.1. The molecule has 130 valence electrons. The van der Waals surface area contributed by atoms with Gasteiger partial charge in [-0.15, -0.1) is 0 Å². The van der Waals surface area contributed by atoms with E-state index in [1.165, 1.54) is 0 Å². The average molecular weight is 337 g/mol. The molecular weight excluding hydrogens is 315 g/mol. The van der Waals surface area contributed by atoms with E-state index >= 15 is 0 Å². The Bertz CT molecular complexity index is 634. The number of alkyl halides is 2. The van der Waals surface area contributed by atoms with Crippen molar-refractivity contribution in [3.8, 4) is 0 Å². The van der Waals surface area contributed by atoms with Crippen LogP contribution >= 0.6 is 0 Å². The van der Waals surface area contributed by atoms with Gasteiger partial charge in [-0.2, -0.15) is 0 Å². The standard InChI is InChI=1S/C16H22BF2N3O2/c1-13(2)14(3,4)24-17(23-13)11-5-20-12(21-6-11)22-9-15(10-22)7-16(18,19)8-15/h5-6H,7-10H2,1-4H3. The van der Waals surface area contributed by atoms with Gasteiger partial charge < -0.3 is 14.2 Å². The van der Waals surface area contributed by atoms with E-state index in [0.717, 1.165) is 5.46 Å². The Morgan fingerprint density at radius 3 is 1.96 bits per heavy atom. The van der Waals surface area contributed by atoms with Gasteiger partial charge in [0.1, 0.15) is 0 Å². The first-order valence-corrected chi connectivity index (χ1v) is 8.31. The van der Waals surface area contributed by atoms with Crippen molar-refractivity contribution < 1.29 is 18.1 Å². The molecule has 0 N–H and O–H groups in total. The minimum atomic E-state index is -2.48. The van der Waals surface area contributed by atoms with Crippen molar-refractivity contribution in [2.24, 2.45) is 5.41 Å². The van der Waals surface area contributed by atoms with Crippen LogP contribution in [0.1, 0.15) is 40.5 Å². The van der Waals surface area contributed by atoms with Crippen LogP contribution in [0.25, 0.3) is 0 Å². The van der Waals surface area contributed by atoms with E-state index in [1.807, 2.05) is 32.6 Å². The first-order valence-electron chi connectivity index (χ1n) is 8.31. The van der Waals surface area contributed by atoms with Crippen LogP contribution in [-0.4, -0.2) is 47.3 Å². The van der Waals surface area contributed by atoms with Gasteiger partial charge in [0.15, 0.2) is 0 Å². The SMILES string of the molecule is CC1(C)OB(c2cnc(N3CC4(C3)CC(F)(F)C4)nc2)OC1(C)C. The largest absolute Gasteiger partial charge is 0.498 e. The summed E-state index contributed by atoms with van der Waals surface area (Å²) in [6, 6.07) is 0. The first kappa shape index (κ1) is 16.2. The van der Waals surface area contributed by atoms with Crippen LogP contribution in [0.2, 0.25) is 0 Å². The average Bonchev–Trinajstić information content (AvgIpc) is 2.62. The van der Waals surface area contributed by atoms with Crippen molar-refractivity contribution in [1.29, 1.82) is 0 Å². The number of hydrogen-bond donors (Lipinski definition) is 0. The monoisotopic (exact) mass is 337 g/mol. The molecule has 0 unspecified atom stereocenters. The maximum atomic E-state index is 13.1. The minimum absolute atomic E-state index is 0.0114. The quantitative estimate of drug-likeness (QED) is 0.773. The molecule has 4 rings (SSSR count). The summed E-state index contributed by atoms with van der Waals surface area (Å²) in [6.45, 7) is 9.20. The highest BCUT2D eigenvalue weighted by Gasteiger charge is 2.62. The minimum Gasteiger partial charge on any atom is -0.399 e. The van der Waals surface area contributed by atoms with Crippen LogP contribution in [-0.2, 0) is 9.31 Å². The molecule has 3 heterocycles. The third kappa shape index (κ3) is 2.42. The summed E-state index contributed by atoms with van der Waals surface area (Å²) in [5.41, 5.74) is -0.273. The molecule has 0 atom stereocenters. The second kappa shape index (κ2) is 4.66. The lowest BCUT2D eigenvalue weighted by molar-refractivity contribution is -0.170. The maximum Gasteiger partial charge on any atom is 0.498 e. The van der Waals surface area contributed by atoms with E-state index < -0.39 is 24.2 Å². The fourth-order valence-corrected chi connectivity index (χ4v) is 3.77. The molecule has 3 fully saturated rings. The van der Waals surface area contributed by atoms with Crippen molar-refractivity contribution in [3.05, 3.63) is 12.4 Å². The second-order valence-electron chi connectivity index (χ2n) is 8.47. The van der Waals surface area contributed by atoms with Crippen LogP contribution < -0.4 is 10.4 Å². The lowest BCUT2D eigenvalue weighted by atomic mass is 9.61. The summed E-state index contributed by atoms with van der Waals surface area (Å²) in [7, 11) is -0.489. The molecular formula is C16H22BF2N3O2. The van der Waals surface area contributed by atoms with Gasteiger partial charge in [-0.3, -0.25) is 0 Å². The van der Waals surface area contributed by atoms with Crippen molar-refractivity contribution in [1.82, 2.24) is 9.97 Å². The van der Waals surface area contributed by atoms with Gasteiger partial charge in [-0.25, -0.2) is 18.7 Å². The lowest BCUT2D eigenvalue weighted by Gasteiger charge is -2.58. The van der Waals surface area contributed by atoms with E-state index in [-0.39, 0.29) is 18.3 Å². The van der Waals surface area contributed by atoms with Crippen LogP contribution in [0.4, 0.5) is 14.7 Å². The zero-order chi connectivity index (χ0) is 17.4. The van der Waals surface area contributed by atoms with Crippen molar-refractivity contribution >= 4 is 18.5 Å². The van der Waals surface area contributed by atoms with Crippen LogP contribution in [0, 0.1) is 5.41 Å². The molecule has 0 amide bonds. The molecule has 8 heteroatoms. The molecule has 1 saturated carbocycles. The Balaban J connectivity index is 1.40. The number of aromatic nitrogens is 2. The summed E-state index contributed by atoms with van der Waals surface area (Å²) in [6.07, 6.45) is 3.38. The molecule has 1 aliphatic carbocycles. The van der Waals surface area contributed by atoms with Gasteiger partial charge in [0, 0.05) is 49.2 Å². The topological polar surface area (TPSA) is 47.5 Å². The molecule has 5 nitrogen and oxygen atoms in total. The second-order valence-corrected chi connectivity index (χ2v) is 8.47. The third-order valence-corrected chi connectivity index (χ3v) is 5.79.